The van der Waals surface area contributed by atoms with Gasteiger partial charge in [0.2, 0.25) is 0 Å². The third kappa shape index (κ3) is 5.01. The van der Waals surface area contributed by atoms with Crippen LogP contribution in [0.3, 0.4) is 0 Å². The largest absolute Gasteiger partial charge is 0.497 e. The van der Waals surface area contributed by atoms with Gasteiger partial charge in [-0.1, -0.05) is 12.1 Å². The van der Waals surface area contributed by atoms with Crippen LogP contribution in [0.5, 0.6) is 5.75 Å². The second-order valence-corrected chi connectivity index (χ2v) is 6.22. The zero-order valence-electron chi connectivity index (χ0n) is 15.6. The van der Waals surface area contributed by atoms with Crippen molar-refractivity contribution in [2.24, 2.45) is 0 Å². The summed E-state index contributed by atoms with van der Waals surface area (Å²) >= 11 is 0. The van der Waals surface area contributed by atoms with Crippen molar-refractivity contribution in [2.75, 3.05) is 27.7 Å². The minimum Gasteiger partial charge on any atom is -0.497 e. The van der Waals surface area contributed by atoms with Gasteiger partial charge in [-0.15, -0.1) is 0 Å². The number of ether oxygens (including phenoxy) is 1. The van der Waals surface area contributed by atoms with E-state index in [9.17, 15) is 25.0 Å². The van der Waals surface area contributed by atoms with Gasteiger partial charge in [-0.25, -0.2) is 0 Å². The number of benzene rings is 2. The van der Waals surface area contributed by atoms with Crippen LogP contribution in [0, 0.1) is 20.2 Å². The van der Waals surface area contributed by atoms with Gasteiger partial charge in [0.1, 0.15) is 5.75 Å². The Morgan fingerprint density at radius 2 is 1.71 bits per heavy atom. The van der Waals surface area contributed by atoms with Crippen molar-refractivity contribution in [3.63, 3.8) is 0 Å². The van der Waals surface area contributed by atoms with Gasteiger partial charge in [-0.3, -0.25) is 25.0 Å². The van der Waals surface area contributed by atoms with E-state index in [4.69, 9.17) is 4.74 Å². The van der Waals surface area contributed by atoms with Crippen molar-refractivity contribution in [1.29, 1.82) is 0 Å². The van der Waals surface area contributed by atoms with Crippen LogP contribution in [0.15, 0.2) is 42.5 Å². The third-order valence-electron chi connectivity index (χ3n) is 4.14. The van der Waals surface area contributed by atoms with Crippen molar-refractivity contribution in [1.82, 2.24) is 10.2 Å². The Kier molecular flexibility index (Phi) is 6.61. The summed E-state index contributed by atoms with van der Waals surface area (Å²) in [6, 6.07) is 10.00. The Morgan fingerprint density at radius 1 is 1.11 bits per heavy atom. The molecule has 1 atom stereocenters. The maximum atomic E-state index is 12.5. The SMILES string of the molecule is COc1cccc(C(CNC(=O)c2cc([N+](=O)[O-])cc([N+](=O)[O-])c2)N(C)C)c1. The number of nitrogens with zero attached hydrogens (tertiary/aromatic N) is 3. The molecule has 10 heteroatoms. The Morgan fingerprint density at radius 3 is 2.21 bits per heavy atom. The fraction of sp³-hybridized carbons (Fsp3) is 0.278. The minimum atomic E-state index is -0.775. The van der Waals surface area contributed by atoms with E-state index in [-0.39, 0.29) is 18.2 Å². The zero-order valence-corrected chi connectivity index (χ0v) is 15.6. The highest BCUT2D eigenvalue weighted by atomic mass is 16.6. The standard InChI is InChI=1S/C18H20N4O6/c1-20(2)17(12-5-4-6-16(9-12)28-3)11-19-18(23)13-7-14(21(24)25)10-15(8-13)22(26)27/h4-10,17H,11H2,1-3H3,(H,19,23). The van der Waals surface area contributed by atoms with Crippen molar-refractivity contribution in [3.05, 3.63) is 73.8 Å². The fourth-order valence-corrected chi connectivity index (χ4v) is 2.68. The van der Waals surface area contributed by atoms with Crippen LogP contribution in [-0.4, -0.2) is 48.4 Å². The number of nitro benzene ring substituents is 2. The summed E-state index contributed by atoms with van der Waals surface area (Å²) in [5, 5.41) is 24.7. The van der Waals surface area contributed by atoms with Crippen LogP contribution in [0.2, 0.25) is 0 Å². The molecule has 0 aromatic heterocycles. The first-order valence-electron chi connectivity index (χ1n) is 8.25. The molecule has 2 aromatic carbocycles. The molecule has 0 aliphatic carbocycles. The molecule has 28 heavy (non-hydrogen) atoms. The molecule has 1 amide bonds. The molecule has 0 spiro atoms. The molecule has 0 radical (unpaired) electrons. The molecule has 1 N–H and O–H groups in total. The molecule has 10 nitrogen and oxygen atoms in total. The summed E-state index contributed by atoms with van der Waals surface area (Å²) in [4.78, 5) is 34.8. The molecule has 0 aliphatic heterocycles. The van der Waals surface area contributed by atoms with E-state index in [1.807, 2.05) is 37.2 Å². The molecule has 1 unspecified atom stereocenters. The molecule has 0 heterocycles. The van der Waals surface area contributed by atoms with E-state index in [1.54, 1.807) is 13.2 Å². The van der Waals surface area contributed by atoms with E-state index in [2.05, 4.69) is 5.32 Å². The highest BCUT2D eigenvalue weighted by Crippen LogP contribution is 2.24. The van der Waals surface area contributed by atoms with E-state index < -0.39 is 27.1 Å². The second kappa shape index (κ2) is 8.91. The lowest BCUT2D eigenvalue weighted by Crippen LogP contribution is -2.34. The lowest BCUT2D eigenvalue weighted by Gasteiger charge is -2.25. The number of nitrogens with one attached hydrogen (secondary N) is 1. The summed E-state index contributed by atoms with van der Waals surface area (Å²) in [5.41, 5.74) is -0.286. The van der Waals surface area contributed by atoms with Crippen LogP contribution in [0.25, 0.3) is 0 Å². The molecular formula is C18H20N4O6. The number of hydrogen-bond acceptors (Lipinski definition) is 7. The number of nitro groups is 2. The molecule has 2 rings (SSSR count). The number of rotatable bonds is 8. The number of methoxy groups -OCH3 is 1. The molecule has 2 aromatic rings. The Bertz CT molecular complexity index is 867. The van der Waals surface area contributed by atoms with Gasteiger partial charge >= 0.3 is 0 Å². The van der Waals surface area contributed by atoms with Crippen LogP contribution >= 0.6 is 0 Å². The highest BCUT2D eigenvalue weighted by molar-refractivity contribution is 5.95. The average molecular weight is 388 g/mol. The maximum Gasteiger partial charge on any atom is 0.277 e. The number of likely N-dealkylation sites (N-methyl/N-ethyl adjacent to an activating group) is 1. The topological polar surface area (TPSA) is 128 Å². The monoisotopic (exact) mass is 388 g/mol. The quantitative estimate of drug-likeness (QED) is 0.543. The summed E-state index contributed by atoms with van der Waals surface area (Å²) in [7, 11) is 5.24. The van der Waals surface area contributed by atoms with Gasteiger partial charge in [0, 0.05) is 18.7 Å². The second-order valence-electron chi connectivity index (χ2n) is 6.22. The Balaban J connectivity index is 2.23. The number of non-ortho nitro benzene ring substituents is 2. The molecule has 0 saturated heterocycles. The van der Waals surface area contributed by atoms with Crippen LogP contribution < -0.4 is 10.1 Å². The zero-order chi connectivity index (χ0) is 20.8. The molecule has 0 bridgehead atoms. The number of amides is 1. The maximum absolute atomic E-state index is 12.5. The fourth-order valence-electron chi connectivity index (χ4n) is 2.68. The van der Waals surface area contributed by atoms with Crippen molar-refractivity contribution in [2.45, 2.75) is 6.04 Å². The van der Waals surface area contributed by atoms with E-state index in [0.717, 1.165) is 23.8 Å². The summed E-state index contributed by atoms with van der Waals surface area (Å²) in [5.74, 6) is 0.0338. The highest BCUT2D eigenvalue weighted by Gasteiger charge is 2.21. The average Bonchev–Trinajstić information content (AvgIpc) is 2.67. The third-order valence-corrected chi connectivity index (χ3v) is 4.14. The molecule has 0 aliphatic rings. The van der Waals surface area contributed by atoms with Crippen LogP contribution in [-0.2, 0) is 0 Å². The Labute approximate surface area is 161 Å². The number of hydrogen-bond donors (Lipinski definition) is 1. The molecule has 0 fully saturated rings. The van der Waals surface area contributed by atoms with Crippen molar-refractivity contribution < 1.29 is 19.4 Å². The normalized spacial score (nSPS) is 11.7. The lowest BCUT2D eigenvalue weighted by molar-refractivity contribution is -0.394. The molecule has 148 valence electrons. The molecule has 0 saturated carbocycles. The summed E-state index contributed by atoms with van der Waals surface area (Å²) in [6.07, 6.45) is 0. The van der Waals surface area contributed by atoms with Crippen molar-refractivity contribution in [3.8, 4) is 5.75 Å². The minimum absolute atomic E-state index is 0.149. The van der Waals surface area contributed by atoms with Gasteiger partial charge in [0.15, 0.2) is 0 Å². The smallest absolute Gasteiger partial charge is 0.277 e. The van der Waals surface area contributed by atoms with E-state index >= 15 is 0 Å². The van der Waals surface area contributed by atoms with Gasteiger partial charge in [0.25, 0.3) is 17.3 Å². The van der Waals surface area contributed by atoms with Gasteiger partial charge in [-0.05, 0) is 31.8 Å². The predicted molar refractivity (Wildman–Crippen MR) is 102 cm³/mol. The van der Waals surface area contributed by atoms with Crippen molar-refractivity contribution >= 4 is 17.3 Å². The van der Waals surface area contributed by atoms with Crippen LogP contribution in [0.1, 0.15) is 22.0 Å². The van der Waals surface area contributed by atoms with Gasteiger partial charge in [-0.2, -0.15) is 0 Å². The first kappa shape index (κ1) is 20.8. The molecular weight excluding hydrogens is 368 g/mol. The predicted octanol–water partition coefficient (Wildman–Crippen LogP) is 2.54. The van der Waals surface area contributed by atoms with E-state index in [1.165, 1.54) is 0 Å². The summed E-state index contributed by atoms with van der Waals surface area (Å²) < 4.78 is 5.22. The number of carbonyl (C=O) groups is 1. The Hall–Kier alpha value is -3.53. The van der Waals surface area contributed by atoms with E-state index in [0.29, 0.717) is 5.75 Å². The first-order valence-corrected chi connectivity index (χ1v) is 8.25. The van der Waals surface area contributed by atoms with Gasteiger partial charge in [0.05, 0.1) is 34.6 Å². The number of carbonyl (C=O) groups excluding carboxylic acids is 1. The lowest BCUT2D eigenvalue weighted by atomic mass is 10.1. The van der Waals surface area contributed by atoms with Gasteiger partial charge < -0.3 is 15.0 Å². The van der Waals surface area contributed by atoms with Crippen LogP contribution in [0.4, 0.5) is 11.4 Å². The summed E-state index contributed by atoms with van der Waals surface area (Å²) in [6.45, 7) is 0.190. The first-order chi connectivity index (χ1) is 13.2.